The number of amides is 1. The van der Waals surface area contributed by atoms with Crippen molar-refractivity contribution in [1.29, 1.82) is 0 Å². The first-order valence-electron chi connectivity index (χ1n) is 8.08. The van der Waals surface area contributed by atoms with Crippen LogP contribution in [0.4, 0.5) is 0 Å². The van der Waals surface area contributed by atoms with Gasteiger partial charge in [-0.1, -0.05) is 48.5 Å². The average molecular weight is 323 g/mol. The van der Waals surface area contributed by atoms with Crippen molar-refractivity contribution >= 4 is 12.0 Å². The van der Waals surface area contributed by atoms with Crippen molar-refractivity contribution in [3.63, 3.8) is 0 Å². The molecule has 1 amide bonds. The van der Waals surface area contributed by atoms with E-state index in [0.717, 1.165) is 40.4 Å². The van der Waals surface area contributed by atoms with Crippen molar-refractivity contribution in [2.24, 2.45) is 0 Å². The summed E-state index contributed by atoms with van der Waals surface area (Å²) in [5, 5.41) is 10.4. The smallest absolute Gasteiger partial charge is 0.243 e. The van der Waals surface area contributed by atoms with Crippen LogP contribution in [0.2, 0.25) is 0 Å². The van der Waals surface area contributed by atoms with E-state index in [1.54, 1.807) is 0 Å². The van der Waals surface area contributed by atoms with Crippen molar-refractivity contribution in [1.82, 2.24) is 5.06 Å². The number of ether oxygens (including phenoxy) is 1. The summed E-state index contributed by atoms with van der Waals surface area (Å²) in [6, 6.07) is 16.1. The first kappa shape index (κ1) is 16.3. The zero-order valence-corrected chi connectivity index (χ0v) is 13.7. The van der Waals surface area contributed by atoms with Gasteiger partial charge in [-0.2, -0.15) is 0 Å². The lowest BCUT2D eigenvalue weighted by atomic mass is 9.91. The molecule has 2 aromatic rings. The summed E-state index contributed by atoms with van der Waals surface area (Å²) >= 11 is 0. The summed E-state index contributed by atoms with van der Waals surface area (Å²) in [7, 11) is 0. The highest BCUT2D eigenvalue weighted by Gasteiger charge is 2.17. The first-order chi connectivity index (χ1) is 11.6. The molecule has 1 aliphatic rings. The Balaban J connectivity index is 1.74. The van der Waals surface area contributed by atoms with E-state index in [1.807, 2.05) is 54.6 Å². The second-order valence-electron chi connectivity index (χ2n) is 5.98. The number of fused-ring (bicyclic) bond motifs is 1. The first-order valence-corrected chi connectivity index (χ1v) is 8.08. The molecule has 1 N–H and O–H groups in total. The molecule has 4 heteroatoms. The van der Waals surface area contributed by atoms with Gasteiger partial charge in [-0.15, -0.1) is 0 Å². The van der Waals surface area contributed by atoms with Crippen LogP contribution in [0, 0.1) is 0 Å². The van der Waals surface area contributed by atoms with Gasteiger partial charge in [0.25, 0.3) is 0 Å². The molecule has 124 valence electrons. The lowest BCUT2D eigenvalue weighted by molar-refractivity contribution is -0.160. The van der Waals surface area contributed by atoms with Gasteiger partial charge in [0.15, 0.2) is 0 Å². The molecule has 0 atom stereocenters. The quantitative estimate of drug-likeness (QED) is 0.672. The average Bonchev–Trinajstić information content (AvgIpc) is 2.60. The Hall–Kier alpha value is -2.59. The van der Waals surface area contributed by atoms with Gasteiger partial charge in [-0.05, 0) is 35.6 Å². The van der Waals surface area contributed by atoms with Crippen LogP contribution in [0.1, 0.15) is 30.0 Å². The lowest BCUT2D eigenvalue weighted by Crippen LogP contribution is -2.27. The highest BCUT2D eigenvalue weighted by Crippen LogP contribution is 2.31. The monoisotopic (exact) mass is 323 g/mol. The van der Waals surface area contributed by atoms with Crippen molar-refractivity contribution in [2.75, 3.05) is 6.54 Å². The Labute approximate surface area is 141 Å². The fourth-order valence-electron chi connectivity index (χ4n) is 2.86. The predicted molar refractivity (Wildman–Crippen MR) is 92.7 cm³/mol. The van der Waals surface area contributed by atoms with Gasteiger partial charge in [0.2, 0.25) is 5.91 Å². The number of hydrogen-bond donors (Lipinski definition) is 1. The number of hydrogen-bond acceptors (Lipinski definition) is 3. The second kappa shape index (κ2) is 7.32. The minimum atomic E-state index is -0.346. The molecule has 0 saturated carbocycles. The molecule has 4 nitrogen and oxygen atoms in total. The van der Waals surface area contributed by atoms with Gasteiger partial charge in [0, 0.05) is 12.5 Å². The van der Waals surface area contributed by atoms with E-state index < -0.39 is 0 Å². The van der Waals surface area contributed by atoms with Gasteiger partial charge in [-0.25, -0.2) is 5.06 Å². The third-order valence-electron chi connectivity index (χ3n) is 4.18. The number of rotatable bonds is 5. The molecular weight excluding hydrogens is 302 g/mol. The van der Waals surface area contributed by atoms with Crippen LogP contribution in [0.15, 0.2) is 54.1 Å². The van der Waals surface area contributed by atoms with E-state index in [4.69, 9.17) is 4.74 Å². The molecule has 0 saturated heterocycles. The number of hydroxylamine groups is 2. The van der Waals surface area contributed by atoms with Crippen molar-refractivity contribution in [3.05, 3.63) is 70.8 Å². The standard InChI is InChI=1S/C20H21NO3/c1-15(22)21(23)13-17-10-11-19-18(12-17)8-5-9-20(19)24-14-16-6-3-2-4-7-16/h2-9,12,23H,10-11,13-14H2,1H3. The summed E-state index contributed by atoms with van der Waals surface area (Å²) in [6.45, 7) is 2.15. The van der Waals surface area contributed by atoms with E-state index >= 15 is 0 Å². The Morgan fingerprint density at radius 2 is 1.92 bits per heavy atom. The maximum atomic E-state index is 11.2. The van der Waals surface area contributed by atoms with Gasteiger partial charge in [-0.3, -0.25) is 10.0 Å². The zero-order chi connectivity index (χ0) is 16.9. The van der Waals surface area contributed by atoms with Crippen molar-refractivity contribution in [2.45, 2.75) is 26.4 Å². The fraction of sp³-hybridized carbons (Fsp3) is 0.250. The SMILES string of the molecule is CC(=O)N(O)CC1=Cc2cccc(OCc3ccccc3)c2CC1. The maximum Gasteiger partial charge on any atom is 0.243 e. The summed E-state index contributed by atoms with van der Waals surface area (Å²) in [5.74, 6) is 0.556. The number of carbonyl (C=O) groups excluding carboxylic acids is 1. The number of benzene rings is 2. The predicted octanol–water partition coefficient (Wildman–Crippen LogP) is 3.83. The van der Waals surface area contributed by atoms with E-state index in [-0.39, 0.29) is 12.5 Å². The molecule has 0 radical (unpaired) electrons. The molecular formula is C20H21NO3. The molecule has 2 aromatic carbocycles. The molecule has 0 heterocycles. The zero-order valence-electron chi connectivity index (χ0n) is 13.7. The van der Waals surface area contributed by atoms with E-state index in [1.165, 1.54) is 12.5 Å². The minimum Gasteiger partial charge on any atom is -0.489 e. The van der Waals surface area contributed by atoms with E-state index in [0.29, 0.717) is 6.61 Å². The molecule has 0 aromatic heterocycles. The van der Waals surface area contributed by atoms with Crippen molar-refractivity contribution < 1.29 is 14.7 Å². The summed E-state index contributed by atoms with van der Waals surface area (Å²) in [4.78, 5) is 11.2. The molecule has 0 fully saturated rings. The van der Waals surface area contributed by atoms with E-state index in [9.17, 15) is 10.0 Å². The second-order valence-corrected chi connectivity index (χ2v) is 5.98. The highest BCUT2D eigenvalue weighted by molar-refractivity contribution is 5.72. The topological polar surface area (TPSA) is 49.8 Å². The van der Waals surface area contributed by atoms with Gasteiger partial charge in [0.1, 0.15) is 12.4 Å². The normalized spacial score (nSPS) is 13.0. The molecule has 0 spiro atoms. The minimum absolute atomic E-state index is 0.254. The maximum absolute atomic E-state index is 11.2. The van der Waals surface area contributed by atoms with Crippen LogP contribution < -0.4 is 4.74 Å². The Morgan fingerprint density at radius 3 is 2.67 bits per heavy atom. The molecule has 24 heavy (non-hydrogen) atoms. The lowest BCUT2D eigenvalue weighted by Gasteiger charge is -2.22. The Bertz CT molecular complexity index is 753. The number of carbonyl (C=O) groups is 1. The van der Waals surface area contributed by atoms with Crippen LogP contribution in [-0.4, -0.2) is 22.7 Å². The molecule has 0 bridgehead atoms. The van der Waals surface area contributed by atoms with Crippen molar-refractivity contribution in [3.8, 4) is 5.75 Å². The van der Waals surface area contributed by atoms with Gasteiger partial charge >= 0.3 is 0 Å². The third-order valence-corrected chi connectivity index (χ3v) is 4.18. The molecule has 1 aliphatic carbocycles. The molecule has 0 aliphatic heterocycles. The highest BCUT2D eigenvalue weighted by atomic mass is 16.5. The Kier molecular flexibility index (Phi) is 4.96. The summed E-state index contributed by atoms with van der Waals surface area (Å²) in [6.07, 6.45) is 3.70. The van der Waals surface area contributed by atoms with Crippen LogP contribution in [0.3, 0.4) is 0 Å². The largest absolute Gasteiger partial charge is 0.489 e. The Morgan fingerprint density at radius 1 is 1.12 bits per heavy atom. The summed E-state index contributed by atoms with van der Waals surface area (Å²) < 4.78 is 6.00. The molecule has 3 rings (SSSR count). The summed E-state index contributed by atoms with van der Waals surface area (Å²) in [5.41, 5.74) is 4.46. The van der Waals surface area contributed by atoms with E-state index in [2.05, 4.69) is 0 Å². The van der Waals surface area contributed by atoms with Gasteiger partial charge in [0.05, 0.1) is 6.54 Å². The number of nitrogens with zero attached hydrogens (tertiary/aromatic N) is 1. The third kappa shape index (κ3) is 3.84. The van der Waals surface area contributed by atoms with Crippen LogP contribution in [0.5, 0.6) is 5.75 Å². The van der Waals surface area contributed by atoms with Crippen LogP contribution in [-0.2, 0) is 17.8 Å². The fourth-order valence-corrected chi connectivity index (χ4v) is 2.86. The van der Waals surface area contributed by atoms with Crippen LogP contribution in [0.25, 0.3) is 6.08 Å². The van der Waals surface area contributed by atoms with Crippen LogP contribution >= 0.6 is 0 Å². The molecule has 0 unspecified atom stereocenters. The van der Waals surface area contributed by atoms with Gasteiger partial charge < -0.3 is 4.74 Å².